The van der Waals surface area contributed by atoms with Gasteiger partial charge in [-0.15, -0.1) is 0 Å². The van der Waals surface area contributed by atoms with E-state index in [0.717, 1.165) is 31.2 Å². The van der Waals surface area contributed by atoms with Crippen molar-refractivity contribution in [2.45, 2.75) is 55.6 Å². The molecule has 2 aromatic carbocycles. The van der Waals surface area contributed by atoms with Gasteiger partial charge in [0.25, 0.3) is 15.9 Å². The first-order valence-electron chi connectivity index (χ1n) is 10.8. The van der Waals surface area contributed by atoms with Crippen LogP contribution in [-0.4, -0.2) is 46.3 Å². The number of benzene rings is 2. The first kappa shape index (κ1) is 20.7. The van der Waals surface area contributed by atoms with E-state index in [1.165, 1.54) is 0 Å². The van der Waals surface area contributed by atoms with Gasteiger partial charge in [-0.1, -0.05) is 12.1 Å². The number of aryl methyl sites for hydroxylation is 1. The Morgan fingerprint density at radius 3 is 2.25 bits per heavy atom. The third-order valence-corrected chi connectivity index (χ3v) is 7.77. The van der Waals surface area contributed by atoms with Crippen LogP contribution < -0.4 is 4.72 Å². The Labute approximate surface area is 187 Å². The molecule has 1 aromatic heterocycles. The highest BCUT2D eigenvalue weighted by molar-refractivity contribution is 7.92. The lowest BCUT2D eigenvalue weighted by molar-refractivity contribution is 0.0512. The van der Waals surface area contributed by atoms with Crippen LogP contribution >= 0.6 is 0 Å². The van der Waals surface area contributed by atoms with Crippen LogP contribution in [-0.2, 0) is 10.0 Å². The van der Waals surface area contributed by atoms with E-state index >= 15 is 0 Å². The average molecular weight is 452 g/mol. The molecule has 166 valence electrons. The van der Waals surface area contributed by atoms with Gasteiger partial charge in [-0.25, -0.2) is 8.42 Å². The lowest BCUT2D eigenvalue weighted by Crippen LogP contribution is -2.47. The summed E-state index contributed by atoms with van der Waals surface area (Å²) in [5.74, 6) is -0.00235. The fourth-order valence-electron chi connectivity index (χ4n) is 4.91. The Hall–Kier alpha value is -3.20. The molecule has 0 spiro atoms. The van der Waals surface area contributed by atoms with Gasteiger partial charge >= 0.3 is 0 Å². The number of carbonyl (C=O) groups is 1. The minimum atomic E-state index is -3.68. The van der Waals surface area contributed by atoms with E-state index in [1.807, 2.05) is 17.9 Å². The number of nitrogens with one attached hydrogen (secondary N) is 1. The molecule has 3 heterocycles. The van der Waals surface area contributed by atoms with Crippen molar-refractivity contribution in [3.8, 4) is 0 Å². The number of fused-ring (bicyclic) bond motifs is 2. The second kappa shape index (κ2) is 8.05. The monoisotopic (exact) mass is 451 g/mol. The zero-order valence-electron chi connectivity index (χ0n) is 17.8. The summed E-state index contributed by atoms with van der Waals surface area (Å²) in [6, 6.07) is 14.0. The molecule has 2 bridgehead atoms. The van der Waals surface area contributed by atoms with Gasteiger partial charge in [-0.3, -0.25) is 9.52 Å². The van der Waals surface area contributed by atoms with Gasteiger partial charge in [0.1, 0.15) is 0 Å². The van der Waals surface area contributed by atoms with Gasteiger partial charge in [-0.05, 0) is 74.6 Å². The van der Waals surface area contributed by atoms with Crippen molar-refractivity contribution < 1.29 is 13.2 Å². The zero-order chi connectivity index (χ0) is 22.3. The number of nitrogens with zero attached hydrogens (tertiary/aromatic N) is 4. The molecular formula is C23H25N5O3S. The van der Waals surface area contributed by atoms with Crippen molar-refractivity contribution in [1.82, 2.24) is 19.9 Å². The molecule has 32 heavy (non-hydrogen) atoms. The zero-order valence-corrected chi connectivity index (χ0v) is 18.6. The second-order valence-corrected chi connectivity index (χ2v) is 10.3. The van der Waals surface area contributed by atoms with Gasteiger partial charge in [0, 0.05) is 23.3 Å². The maximum Gasteiger partial charge on any atom is 0.261 e. The molecule has 2 saturated heterocycles. The third kappa shape index (κ3) is 3.88. The molecule has 2 atom stereocenters. The number of carbonyl (C=O) groups excluding carboxylic acids is 1. The summed E-state index contributed by atoms with van der Waals surface area (Å²) in [4.78, 5) is 17.2. The van der Waals surface area contributed by atoms with Crippen LogP contribution in [0.25, 0.3) is 0 Å². The van der Waals surface area contributed by atoms with Gasteiger partial charge in [0.2, 0.25) is 0 Å². The highest BCUT2D eigenvalue weighted by Gasteiger charge is 2.44. The van der Waals surface area contributed by atoms with Crippen molar-refractivity contribution in [3.05, 3.63) is 72.1 Å². The normalized spacial score (nSPS) is 22.7. The number of anilines is 1. The van der Waals surface area contributed by atoms with Gasteiger partial charge < -0.3 is 4.90 Å². The Kier molecular flexibility index (Phi) is 5.21. The van der Waals surface area contributed by atoms with Crippen molar-refractivity contribution in [2.24, 2.45) is 0 Å². The van der Waals surface area contributed by atoms with E-state index in [-0.39, 0.29) is 28.9 Å². The first-order chi connectivity index (χ1) is 15.4. The highest BCUT2D eigenvalue weighted by Crippen LogP contribution is 2.41. The second-order valence-electron chi connectivity index (χ2n) is 8.57. The Bertz CT molecular complexity index is 1210. The number of rotatable bonds is 5. The van der Waals surface area contributed by atoms with Crippen LogP contribution in [0.2, 0.25) is 0 Å². The molecule has 3 aromatic rings. The van der Waals surface area contributed by atoms with Crippen LogP contribution in [0.3, 0.4) is 0 Å². The predicted octanol–water partition coefficient (Wildman–Crippen LogP) is 3.40. The molecule has 2 aliphatic heterocycles. The molecule has 0 aliphatic carbocycles. The molecule has 9 heteroatoms. The summed E-state index contributed by atoms with van der Waals surface area (Å²) in [6.45, 7) is 1.85. The van der Waals surface area contributed by atoms with Crippen LogP contribution in [0.1, 0.15) is 47.6 Å². The number of hydrogen-bond acceptors (Lipinski definition) is 5. The summed E-state index contributed by atoms with van der Waals surface area (Å²) in [6.07, 6.45) is 7.06. The number of amides is 1. The van der Waals surface area contributed by atoms with E-state index in [9.17, 15) is 13.2 Å². The van der Waals surface area contributed by atoms with E-state index in [0.29, 0.717) is 11.3 Å². The first-order valence-corrected chi connectivity index (χ1v) is 12.3. The molecule has 1 N–H and O–H groups in total. The molecule has 0 saturated carbocycles. The molecule has 2 unspecified atom stereocenters. The Morgan fingerprint density at radius 1 is 0.969 bits per heavy atom. The van der Waals surface area contributed by atoms with Gasteiger partial charge in [-0.2, -0.15) is 15.0 Å². The molecule has 0 radical (unpaired) electrons. The Balaban J connectivity index is 1.29. The van der Waals surface area contributed by atoms with Crippen molar-refractivity contribution >= 4 is 21.6 Å². The Morgan fingerprint density at radius 2 is 1.62 bits per heavy atom. The SMILES string of the molecule is Cc1cccc(S(=O)(=O)Nc2ccc(C(=O)N3C4CCC3CC(n3nccn3)C4)cc2)c1. The van der Waals surface area contributed by atoms with Gasteiger partial charge in [0.15, 0.2) is 0 Å². The van der Waals surface area contributed by atoms with Crippen molar-refractivity contribution in [1.29, 1.82) is 0 Å². The predicted molar refractivity (Wildman–Crippen MR) is 120 cm³/mol. The van der Waals surface area contributed by atoms with Crippen molar-refractivity contribution in [3.63, 3.8) is 0 Å². The molecule has 1 amide bonds. The summed E-state index contributed by atoms with van der Waals surface area (Å²) < 4.78 is 27.9. The maximum atomic E-state index is 13.3. The van der Waals surface area contributed by atoms with Crippen LogP contribution in [0.5, 0.6) is 0 Å². The molecule has 8 nitrogen and oxygen atoms in total. The summed E-state index contributed by atoms with van der Waals surface area (Å²) in [5, 5.41) is 8.55. The molecule has 2 aliphatic rings. The summed E-state index contributed by atoms with van der Waals surface area (Å²) in [7, 11) is -3.68. The fourth-order valence-corrected chi connectivity index (χ4v) is 6.07. The third-order valence-electron chi connectivity index (χ3n) is 6.39. The highest BCUT2D eigenvalue weighted by atomic mass is 32.2. The number of piperidine rings is 1. The molecular weight excluding hydrogens is 426 g/mol. The van der Waals surface area contributed by atoms with E-state index < -0.39 is 10.0 Å². The largest absolute Gasteiger partial charge is 0.333 e. The fraction of sp³-hybridized carbons (Fsp3) is 0.348. The summed E-state index contributed by atoms with van der Waals surface area (Å²) in [5.41, 5.74) is 1.86. The molecule has 5 rings (SSSR count). The smallest absolute Gasteiger partial charge is 0.261 e. The number of aromatic nitrogens is 3. The lowest BCUT2D eigenvalue weighted by atomic mass is 9.96. The van der Waals surface area contributed by atoms with Crippen LogP contribution in [0.15, 0.2) is 65.8 Å². The van der Waals surface area contributed by atoms with Crippen LogP contribution in [0, 0.1) is 6.92 Å². The van der Waals surface area contributed by atoms with Gasteiger partial charge in [0.05, 0.1) is 23.3 Å². The standard InChI is InChI=1S/C23H25N5O3S/c1-16-3-2-4-22(13-16)32(30,31)26-18-7-5-17(6-8-18)23(29)27-19-9-10-20(27)15-21(14-19)28-24-11-12-25-28/h2-8,11-13,19-21,26H,9-10,14-15H2,1H3. The minimum absolute atomic E-state index is 0.00235. The minimum Gasteiger partial charge on any atom is -0.333 e. The van der Waals surface area contributed by atoms with E-state index in [4.69, 9.17) is 0 Å². The molecule has 2 fully saturated rings. The summed E-state index contributed by atoms with van der Waals surface area (Å²) >= 11 is 0. The lowest BCUT2D eigenvalue weighted by Gasteiger charge is -2.38. The average Bonchev–Trinajstić information content (AvgIpc) is 3.40. The topological polar surface area (TPSA) is 97.2 Å². The van der Waals surface area contributed by atoms with E-state index in [2.05, 4.69) is 14.9 Å². The van der Waals surface area contributed by atoms with E-state index in [1.54, 1.807) is 59.7 Å². The van der Waals surface area contributed by atoms with Crippen molar-refractivity contribution in [2.75, 3.05) is 4.72 Å². The number of hydrogen-bond donors (Lipinski definition) is 1. The van der Waals surface area contributed by atoms with Crippen LogP contribution in [0.4, 0.5) is 5.69 Å². The number of sulfonamides is 1. The maximum absolute atomic E-state index is 13.3. The quantitative estimate of drug-likeness (QED) is 0.641.